The molecule has 4 aromatic rings. The number of nitrogens with zero attached hydrogens (tertiary/aromatic N) is 6. The Kier molecular flexibility index (Phi) is 6.36. The minimum atomic E-state index is -0.630. The number of piperidine rings is 1. The molecule has 4 heterocycles. The van der Waals surface area contributed by atoms with Gasteiger partial charge in [0.05, 0.1) is 23.3 Å². The van der Waals surface area contributed by atoms with Gasteiger partial charge in [0.15, 0.2) is 17.5 Å². The molecule has 10 heteroatoms. The maximum atomic E-state index is 15.8. The molecule has 0 unspecified atom stereocenters. The molecule has 180 valence electrons. The number of amides is 1. The van der Waals surface area contributed by atoms with Crippen molar-refractivity contribution >= 4 is 23.5 Å². The standard InChI is InChI=1S/C26H22FN7O2/c27-23-24(18-8-6-17(16-35)7-9-18)31-25(20-14-29-34-13-2-1-5-21(20)34)32-26(23)30-19-4-3-12-33(15-19)22(36)10-11-28/h1-2,5-9,13-14,16,19H,3-4,10,12,15H2,(H,30,31,32)/t19-/m1/s1. The van der Waals surface area contributed by atoms with Gasteiger partial charge in [-0.1, -0.05) is 30.3 Å². The van der Waals surface area contributed by atoms with E-state index in [0.717, 1.165) is 24.6 Å². The van der Waals surface area contributed by atoms with Crippen molar-refractivity contribution in [3.8, 4) is 28.7 Å². The van der Waals surface area contributed by atoms with E-state index in [1.165, 1.54) is 0 Å². The summed E-state index contributed by atoms with van der Waals surface area (Å²) in [5.74, 6) is -0.558. The Balaban J connectivity index is 1.56. The number of nitriles is 1. The molecular weight excluding hydrogens is 461 g/mol. The number of rotatable bonds is 6. The van der Waals surface area contributed by atoms with Crippen molar-refractivity contribution in [2.45, 2.75) is 25.3 Å². The van der Waals surface area contributed by atoms with Gasteiger partial charge in [-0.2, -0.15) is 10.4 Å². The maximum Gasteiger partial charge on any atom is 0.236 e. The first-order chi connectivity index (χ1) is 17.6. The minimum absolute atomic E-state index is 0.0179. The van der Waals surface area contributed by atoms with Crippen LogP contribution >= 0.6 is 0 Å². The Bertz CT molecular complexity index is 1480. The molecule has 9 nitrogen and oxygen atoms in total. The molecule has 0 spiro atoms. The van der Waals surface area contributed by atoms with E-state index in [1.807, 2.05) is 24.3 Å². The zero-order valence-corrected chi connectivity index (χ0v) is 19.3. The molecule has 1 atom stereocenters. The molecule has 1 aliphatic heterocycles. The fourth-order valence-corrected chi connectivity index (χ4v) is 4.38. The number of pyridine rings is 1. The summed E-state index contributed by atoms with van der Waals surface area (Å²) in [4.78, 5) is 34.0. The van der Waals surface area contributed by atoms with Gasteiger partial charge in [-0.25, -0.2) is 18.9 Å². The lowest BCUT2D eigenvalue weighted by atomic mass is 10.0. The van der Waals surface area contributed by atoms with Crippen LogP contribution in [0.15, 0.2) is 54.9 Å². The number of aromatic nitrogens is 4. The largest absolute Gasteiger partial charge is 0.363 e. The summed E-state index contributed by atoms with van der Waals surface area (Å²) in [6.45, 7) is 0.909. The zero-order valence-electron chi connectivity index (χ0n) is 19.3. The zero-order chi connectivity index (χ0) is 25.1. The van der Waals surface area contributed by atoms with E-state index in [2.05, 4.69) is 20.4 Å². The van der Waals surface area contributed by atoms with Crippen molar-refractivity contribution in [2.24, 2.45) is 0 Å². The molecule has 1 saturated heterocycles. The highest BCUT2D eigenvalue weighted by Gasteiger charge is 2.26. The van der Waals surface area contributed by atoms with E-state index in [9.17, 15) is 9.59 Å². The fourth-order valence-electron chi connectivity index (χ4n) is 4.38. The topological polar surface area (TPSA) is 116 Å². The van der Waals surface area contributed by atoms with E-state index >= 15 is 4.39 Å². The number of hydrogen-bond donors (Lipinski definition) is 1. The summed E-state index contributed by atoms with van der Waals surface area (Å²) in [6.07, 6.45) is 5.41. The van der Waals surface area contributed by atoms with Gasteiger partial charge in [0.2, 0.25) is 5.91 Å². The molecule has 0 aliphatic carbocycles. The summed E-state index contributed by atoms with van der Waals surface area (Å²) in [6, 6.07) is 13.7. The SMILES string of the molecule is N#CCC(=O)N1CCC[C@@H](Nc2nc(-c3cnn4ccccc34)nc(-c3ccc(C=O)cc3)c2F)C1. The number of likely N-dealkylation sites (tertiary alicyclic amines) is 1. The van der Waals surface area contributed by atoms with E-state index in [-0.39, 0.29) is 29.9 Å². The molecule has 3 aromatic heterocycles. The highest BCUT2D eigenvalue weighted by atomic mass is 19.1. The Morgan fingerprint density at radius 2 is 2.06 bits per heavy atom. The second kappa shape index (κ2) is 9.92. The van der Waals surface area contributed by atoms with Crippen LogP contribution in [0.3, 0.4) is 0 Å². The van der Waals surface area contributed by atoms with Gasteiger partial charge in [0, 0.05) is 36.5 Å². The molecule has 0 saturated carbocycles. The predicted molar refractivity (Wildman–Crippen MR) is 130 cm³/mol. The van der Waals surface area contributed by atoms with Crippen LogP contribution in [0.4, 0.5) is 10.2 Å². The number of halogens is 1. The third-order valence-corrected chi connectivity index (χ3v) is 6.18. The van der Waals surface area contributed by atoms with Gasteiger partial charge >= 0.3 is 0 Å². The Hall–Kier alpha value is -4.65. The molecule has 0 radical (unpaired) electrons. The van der Waals surface area contributed by atoms with Crippen molar-refractivity contribution in [1.29, 1.82) is 5.26 Å². The summed E-state index contributed by atoms with van der Waals surface area (Å²) in [5, 5.41) is 16.4. The summed E-state index contributed by atoms with van der Waals surface area (Å²) in [7, 11) is 0. The molecule has 1 N–H and O–H groups in total. The molecule has 0 bridgehead atoms. The van der Waals surface area contributed by atoms with Crippen molar-refractivity contribution < 1.29 is 14.0 Å². The number of carbonyl (C=O) groups excluding carboxylic acids is 2. The molecule has 36 heavy (non-hydrogen) atoms. The normalized spacial score (nSPS) is 15.4. The maximum absolute atomic E-state index is 15.8. The average Bonchev–Trinajstić information content (AvgIpc) is 3.34. The number of nitrogens with one attached hydrogen (secondary N) is 1. The number of aldehydes is 1. The van der Waals surface area contributed by atoms with Crippen molar-refractivity contribution in [3.05, 3.63) is 66.2 Å². The second-order valence-electron chi connectivity index (χ2n) is 8.55. The third-order valence-electron chi connectivity index (χ3n) is 6.18. The summed E-state index contributed by atoms with van der Waals surface area (Å²) >= 11 is 0. The molecule has 5 rings (SSSR count). The van der Waals surface area contributed by atoms with Gasteiger partial charge < -0.3 is 10.2 Å². The predicted octanol–water partition coefficient (Wildman–Crippen LogP) is 3.73. The molecule has 1 aliphatic rings. The lowest BCUT2D eigenvalue weighted by Gasteiger charge is -2.33. The monoisotopic (exact) mass is 483 g/mol. The van der Waals surface area contributed by atoms with E-state index in [4.69, 9.17) is 5.26 Å². The lowest BCUT2D eigenvalue weighted by Crippen LogP contribution is -2.45. The van der Waals surface area contributed by atoms with Crippen LogP contribution in [0.5, 0.6) is 0 Å². The van der Waals surface area contributed by atoms with Crippen LogP contribution in [-0.2, 0) is 4.79 Å². The quantitative estimate of drug-likeness (QED) is 0.416. The van der Waals surface area contributed by atoms with E-state index < -0.39 is 5.82 Å². The number of fused-ring (bicyclic) bond motifs is 1. The molecular formula is C26H22FN7O2. The Morgan fingerprint density at radius 3 is 2.83 bits per heavy atom. The van der Waals surface area contributed by atoms with E-state index in [0.29, 0.717) is 35.6 Å². The first kappa shape index (κ1) is 23.1. The second-order valence-corrected chi connectivity index (χ2v) is 8.55. The van der Waals surface area contributed by atoms with Crippen molar-refractivity contribution in [1.82, 2.24) is 24.5 Å². The molecule has 1 amide bonds. The molecule has 1 aromatic carbocycles. The number of benzene rings is 1. The van der Waals surface area contributed by atoms with Gasteiger partial charge in [-0.3, -0.25) is 9.59 Å². The Morgan fingerprint density at radius 1 is 1.22 bits per heavy atom. The number of carbonyl (C=O) groups is 2. The fraction of sp³-hybridized carbons (Fsp3) is 0.231. The van der Waals surface area contributed by atoms with Crippen molar-refractivity contribution in [3.63, 3.8) is 0 Å². The van der Waals surface area contributed by atoms with Crippen LogP contribution in [0.2, 0.25) is 0 Å². The van der Waals surface area contributed by atoms with Crippen molar-refractivity contribution in [2.75, 3.05) is 18.4 Å². The van der Waals surface area contributed by atoms with E-state index in [1.54, 1.807) is 46.1 Å². The van der Waals surface area contributed by atoms with Crippen LogP contribution in [0.25, 0.3) is 28.2 Å². The first-order valence-electron chi connectivity index (χ1n) is 11.5. The third kappa shape index (κ3) is 4.51. The summed E-state index contributed by atoms with van der Waals surface area (Å²) < 4.78 is 17.5. The van der Waals surface area contributed by atoms with Gasteiger partial charge in [-0.05, 0) is 25.0 Å². The van der Waals surface area contributed by atoms with Gasteiger partial charge in [-0.15, -0.1) is 0 Å². The molecule has 1 fully saturated rings. The highest BCUT2D eigenvalue weighted by molar-refractivity contribution is 5.80. The lowest BCUT2D eigenvalue weighted by molar-refractivity contribution is -0.131. The van der Waals surface area contributed by atoms with Gasteiger partial charge in [0.1, 0.15) is 18.4 Å². The van der Waals surface area contributed by atoms with Crippen LogP contribution in [0, 0.1) is 17.1 Å². The highest BCUT2D eigenvalue weighted by Crippen LogP contribution is 2.31. The number of hydrogen-bond acceptors (Lipinski definition) is 7. The minimum Gasteiger partial charge on any atom is -0.363 e. The van der Waals surface area contributed by atoms with Crippen LogP contribution in [0.1, 0.15) is 29.6 Å². The smallest absolute Gasteiger partial charge is 0.236 e. The first-order valence-corrected chi connectivity index (χ1v) is 11.5. The Labute approximate surface area is 206 Å². The van der Waals surface area contributed by atoms with Gasteiger partial charge in [0.25, 0.3) is 0 Å². The summed E-state index contributed by atoms with van der Waals surface area (Å²) in [5.41, 5.74) is 2.46. The van der Waals surface area contributed by atoms with Crippen LogP contribution in [-0.4, -0.2) is 55.8 Å². The average molecular weight is 484 g/mol. The number of anilines is 1. The van der Waals surface area contributed by atoms with Crippen LogP contribution < -0.4 is 5.32 Å².